The quantitative estimate of drug-likeness (QED) is 0.168. The smallest absolute Gasteiger partial charge is 0.164 e. The van der Waals surface area contributed by atoms with E-state index in [1.165, 1.54) is 25.7 Å². The SMILES string of the molecule is c1ccc(-c2ccc(-c3nc(-c4ccccc4)nc(-c4ccc(-c5nc6cccc(-c7cccc8c7sc7ccccc78)c6c6oc7ccccc7c56)cc4)n3)cc2)cc1. The highest BCUT2D eigenvalue weighted by atomic mass is 32.1. The van der Waals surface area contributed by atoms with Gasteiger partial charge in [-0.15, -0.1) is 11.3 Å². The van der Waals surface area contributed by atoms with Gasteiger partial charge in [0.25, 0.3) is 0 Å². The summed E-state index contributed by atoms with van der Waals surface area (Å²) in [6, 6.07) is 67.2. The minimum atomic E-state index is 0.600. The molecule has 0 aliphatic rings. The van der Waals surface area contributed by atoms with Crippen molar-refractivity contribution in [1.29, 1.82) is 0 Å². The zero-order chi connectivity index (χ0) is 39.6. The van der Waals surface area contributed by atoms with Gasteiger partial charge in [0.2, 0.25) is 0 Å². The van der Waals surface area contributed by atoms with Crippen molar-refractivity contribution in [1.82, 2.24) is 19.9 Å². The Bertz CT molecular complexity index is 3580. The van der Waals surface area contributed by atoms with Crippen molar-refractivity contribution in [2.75, 3.05) is 0 Å². The van der Waals surface area contributed by atoms with Crippen LogP contribution in [0.1, 0.15) is 0 Å². The second-order valence-corrected chi connectivity index (χ2v) is 16.0. The monoisotopic (exact) mass is 784 g/mol. The van der Waals surface area contributed by atoms with Gasteiger partial charge in [-0.05, 0) is 34.9 Å². The summed E-state index contributed by atoms with van der Waals surface area (Å²) in [6.45, 7) is 0. The lowest BCUT2D eigenvalue weighted by molar-refractivity contribution is 0.672. The molecular weight excluding hydrogens is 753 g/mol. The number of benzene rings is 8. The van der Waals surface area contributed by atoms with E-state index in [1.807, 2.05) is 59.9 Å². The van der Waals surface area contributed by atoms with Crippen molar-refractivity contribution in [3.8, 4) is 67.7 Å². The lowest BCUT2D eigenvalue weighted by Gasteiger charge is -2.12. The lowest BCUT2D eigenvalue weighted by atomic mass is 9.95. The minimum Gasteiger partial charge on any atom is -0.455 e. The van der Waals surface area contributed by atoms with E-state index < -0.39 is 0 Å². The van der Waals surface area contributed by atoms with Gasteiger partial charge in [0.05, 0.1) is 22.0 Å². The van der Waals surface area contributed by atoms with E-state index in [1.54, 1.807) is 0 Å². The van der Waals surface area contributed by atoms with E-state index in [0.29, 0.717) is 17.5 Å². The molecule has 0 saturated carbocycles. The van der Waals surface area contributed by atoms with Gasteiger partial charge in [-0.2, -0.15) is 0 Å². The van der Waals surface area contributed by atoms with Crippen LogP contribution in [0.5, 0.6) is 0 Å². The Morgan fingerprint density at radius 1 is 0.350 bits per heavy atom. The van der Waals surface area contributed by atoms with E-state index in [0.717, 1.165) is 77.5 Å². The molecule has 5 nitrogen and oxygen atoms in total. The maximum absolute atomic E-state index is 6.83. The Morgan fingerprint density at radius 2 is 0.867 bits per heavy atom. The Hall–Kier alpha value is -7.80. The molecule has 0 spiro atoms. The van der Waals surface area contributed by atoms with Gasteiger partial charge in [-0.25, -0.2) is 19.9 Å². The van der Waals surface area contributed by atoms with Gasteiger partial charge in [0.1, 0.15) is 11.2 Å². The largest absolute Gasteiger partial charge is 0.455 e. The predicted molar refractivity (Wildman–Crippen MR) is 248 cm³/mol. The summed E-state index contributed by atoms with van der Waals surface area (Å²) >= 11 is 1.84. The van der Waals surface area contributed by atoms with Crippen LogP contribution in [0.15, 0.2) is 199 Å². The van der Waals surface area contributed by atoms with Crippen LogP contribution in [0.25, 0.3) is 121 Å². The summed E-state index contributed by atoms with van der Waals surface area (Å²) in [5.41, 5.74) is 11.7. The van der Waals surface area contributed by atoms with Gasteiger partial charge in [0, 0.05) is 53.4 Å². The molecule has 0 saturated heterocycles. The van der Waals surface area contributed by atoms with Gasteiger partial charge < -0.3 is 4.42 Å². The highest BCUT2D eigenvalue weighted by Crippen LogP contribution is 2.46. The summed E-state index contributed by atoms with van der Waals surface area (Å²) in [5.74, 6) is 1.84. The van der Waals surface area contributed by atoms with E-state index in [-0.39, 0.29) is 0 Å². The Morgan fingerprint density at radius 3 is 1.58 bits per heavy atom. The molecule has 0 fully saturated rings. The third-order valence-electron chi connectivity index (χ3n) is 11.4. The van der Waals surface area contributed by atoms with Crippen molar-refractivity contribution < 1.29 is 4.42 Å². The Labute approximate surface area is 348 Å². The van der Waals surface area contributed by atoms with Crippen LogP contribution < -0.4 is 0 Å². The fourth-order valence-electron chi connectivity index (χ4n) is 8.47. The van der Waals surface area contributed by atoms with Gasteiger partial charge in [-0.3, -0.25) is 0 Å². The molecule has 4 aromatic heterocycles. The summed E-state index contributed by atoms with van der Waals surface area (Å²) in [7, 11) is 0. The normalized spacial score (nSPS) is 11.7. The first-order valence-corrected chi connectivity index (χ1v) is 20.8. The summed E-state index contributed by atoms with van der Waals surface area (Å²) in [5, 5.41) is 5.58. The number of hydrogen-bond donors (Lipinski definition) is 0. The molecule has 0 amide bonds. The van der Waals surface area contributed by atoms with Crippen LogP contribution in [0.2, 0.25) is 0 Å². The van der Waals surface area contributed by atoms with Crippen molar-refractivity contribution in [2.24, 2.45) is 0 Å². The number of para-hydroxylation sites is 1. The summed E-state index contributed by atoms with van der Waals surface area (Å²) in [4.78, 5) is 20.5. The molecule has 6 heteroatoms. The van der Waals surface area contributed by atoms with E-state index >= 15 is 0 Å². The van der Waals surface area contributed by atoms with Crippen molar-refractivity contribution in [2.45, 2.75) is 0 Å². The van der Waals surface area contributed by atoms with Crippen LogP contribution in [0.3, 0.4) is 0 Å². The molecule has 12 rings (SSSR count). The van der Waals surface area contributed by atoms with Crippen molar-refractivity contribution in [3.63, 3.8) is 0 Å². The van der Waals surface area contributed by atoms with Crippen LogP contribution in [-0.2, 0) is 0 Å². The highest BCUT2D eigenvalue weighted by Gasteiger charge is 2.22. The number of furan rings is 1. The number of nitrogens with zero attached hydrogens (tertiary/aromatic N) is 4. The fourth-order valence-corrected chi connectivity index (χ4v) is 9.70. The van der Waals surface area contributed by atoms with E-state index in [4.69, 9.17) is 24.4 Å². The third kappa shape index (κ3) is 5.69. The second kappa shape index (κ2) is 13.9. The van der Waals surface area contributed by atoms with Crippen molar-refractivity contribution >= 4 is 64.4 Å². The standard InChI is InChI=1S/C54H32N4OS/c1-3-13-33(14-4-1)34-25-29-37(30-26-34)53-56-52(36-15-5-2-6-16-36)57-54(58-53)38-31-27-35(28-32-38)49-48-43-18-7-9-23-45(43)59-50(48)47-40(19-12-22-44(47)55-49)42-21-11-20-41-39-17-8-10-24-46(39)60-51(41)42/h1-32H. The zero-order valence-electron chi connectivity index (χ0n) is 32.1. The zero-order valence-corrected chi connectivity index (χ0v) is 32.9. The minimum absolute atomic E-state index is 0.600. The number of rotatable bonds is 6. The fraction of sp³-hybridized carbons (Fsp3) is 0. The maximum atomic E-state index is 6.83. The van der Waals surface area contributed by atoms with Gasteiger partial charge >= 0.3 is 0 Å². The van der Waals surface area contributed by atoms with E-state index in [9.17, 15) is 0 Å². The number of fused-ring (bicyclic) bond motifs is 8. The third-order valence-corrected chi connectivity index (χ3v) is 12.6. The molecule has 4 heterocycles. The molecule has 0 aliphatic carbocycles. The Balaban J connectivity index is 0.998. The topological polar surface area (TPSA) is 64.7 Å². The maximum Gasteiger partial charge on any atom is 0.164 e. The number of aromatic nitrogens is 4. The first-order chi connectivity index (χ1) is 29.7. The van der Waals surface area contributed by atoms with Crippen LogP contribution in [0, 0.1) is 0 Å². The van der Waals surface area contributed by atoms with Crippen LogP contribution in [-0.4, -0.2) is 19.9 Å². The molecule has 0 unspecified atom stereocenters. The number of thiophene rings is 1. The molecule has 60 heavy (non-hydrogen) atoms. The Kier molecular flexibility index (Phi) is 7.96. The average Bonchev–Trinajstić information content (AvgIpc) is 3.91. The molecule has 8 aromatic carbocycles. The van der Waals surface area contributed by atoms with Crippen LogP contribution in [0.4, 0.5) is 0 Å². The van der Waals surface area contributed by atoms with Crippen LogP contribution >= 0.6 is 11.3 Å². The summed E-state index contributed by atoms with van der Waals surface area (Å²) < 4.78 is 9.37. The molecule has 0 bridgehead atoms. The molecule has 12 aromatic rings. The molecule has 0 aliphatic heterocycles. The van der Waals surface area contributed by atoms with Crippen molar-refractivity contribution in [3.05, 3.63) is 194 Å². The number of hydrogen-bond acceptors (Lipinski definition) is 6. The predicted octanol–water partition coefficient (Wildman–Crippen LogP) is 14.7. The van der Waals surface area contributed by atoms with Gasteiger partial charge in [-0.1, -0.05) is 176 Å². The number of pyridine rings is 1. The lowest BCUT2D eigenvalue weighted by Crippen LogP contribution is -2.00. The molecule has 0 radical (unpaired) electrons. The average molecular weight is 785 g/mol. The first-order valence-electron chi connectivity index (χ1n) is 20.0. The molecular formula is C54H32N4OS. The van der Waals surface area contributed by atoms with Gasteiger partial charge in [0.15, 0.2) is 17.5 Å². The molecule has 280 valence electrons. The van der Waals surface area contributed by atoms with E-state index in [2.05, 4.69) is 146 Å². The summed E-state index contributed by atoms with van der Waals surface area (Å²) in [6.07, 6.45) is 0. The first kappa shape index (κ1) is 34.3. The second-order valence-electron chi connectivity index (χ2n) is 14.9. The highest BCUT2D eigenvalue weighted by molar-refractivity contribution is 7.26. The molecule has 0 N–H and O–H groups in total. The molecule has 0 atom stereocenters.